The van der Waals surface area contributed by atoms with E-state index < -0.39 is 21.7 Å². The first-order chi connectivity index (χ1) is 13.9. The van der Waals surface area contributed by atoms with Crippen molar-refractivity contribution in [2.75, 3.05) is 20.2 Å². The molecule has 1 unspecified atom stereocenters. The van der Waals surface area contributed by atoms with Gasteiger partial charge in [-0.25, -0.2) is 17.9 Å². The molecule has 0 saturated carbocycles. The number of rotatable bonds is 4. The normalized spacial score (nSPS) is 17.5. The molecule has 10 nitrogen and oxygen atoms in total. The van der Waals surface area contributed by atoms with Gasteiger partial charge in [-0.15, -0.1) is 0 Å². The molecule has 2 aromatic heterocycles. The van der Waals surface area contributed by atoms with E-state index in [9.17, 15) is 18.0 Å². The lowest BCUT2D eigenvalue weighted by Gasteiger charge is -2.23. The zero-order chi connectivity index (χ0) is 20.6. The van der Waals surface area contributed by atoms with Gasteiger partial charge in [-0.05, 0) is 37.6 Å². The van der Waals surface area contributed by atoms with Crippen LogP contribution >= 0.6 is 0 Å². The second kappa shape index (κ2) is 7.50. The summed E-state index contributed by atoms with van der Waals surface area (Å²) in [6, 6.07) is 4.20. The second-order valence-electron chi connectivity index (χ2n) is 6.79. The third kappa shape index (κ3) is 3.71. The molecule has 4 rings (SSSR count). The Balaban J connectivity index is 1.82. The van der Waals surface area contributed by atoms with E-state index in [1.54, 1.807) is 0 Å². The Labute approximate surface area is 165 Å². The quantitative estimate of drug-likeness (QED) is 0.464. The fourth-order valence-electron chi connectivity index (χ4n) is 3.49. The van der Waals surface area contributed by atoms with Crippen molar-refractivity contribution in [3.63, 3.8) is 0 Å². The summed E-state index contributed by atoms with van der Waals surface area (Å²) in [5, 5.41) is 3.88. The molecule has 4 N–H and O–H groups in total. The van der Waals surface area contributed by atoms with Gasteiger partial charge in [0.15, 0.2) is 5.75 Å². The zero-order valence-electron chi connectivity index (χ0n) is 15.6. The fourth-order valence-corrected chi connectivity index (χ4v) is 4.79. The summed E-state index contributed by atoms with van der Waals surface area (Å²) in [4.78, 5) is 29.3. The Morgan fingerprint density at radius 3 is 2.86 bits per heavy atom. The smallest absolute Gasteiger partial charge is 0.437 e. The summed E-state index contributed by atoms with van der Waals surface area (Å²) in [5.74, 6) is 0.0712. The molecule has 1 aliphatic heterocycles. The summed E-state index contributed by atoms with van der Waals surface area (Å²) in [6.45, 7) is 1.44. The molecule has 29 heavy (non-hydrogen) atoms. The number of fused-ring (bicyclic) bond motifs is 3. The van der Waals surface area contributed by atoms with Crippen LogP contribution in [-0.4, -0.2) is 50.8 Å². The molecule has 1 fully saturated rings. The number of carbonyl (C=O) groups excluding carboxylic acids is 1. The first kappa shape index (κ1) is 19.4. The number of ether oxygens (including phenoxy) is 2. The number of sulfonamides is 1. The van der Waals surface area contributed by atoms with Crippen molar-refractivity contribution in [3.8, 4) is 5.75 Å². The number of H-pyrrole nitrogens is 2. The highest BCUT2D eigenvalue weighted by molar-refractivity contribution is 7.89. The van der Waals surface area contributed by atoms with Gasteiger partial charge in [0.25, 0.3) is 5.56 Å². The summed E-state index contributed by atoms with van der Waals surface area (Å²) in [7, 11) is -2.61. The van der Waals surface area contributed by atoms with Crippen LogP contribution in [0.15, 0.2) is 34.1 Å². The van der Waals surface area contributed by atoms with Gasteiger partial charge in [-0.1, -0.05) is 0 Å². The van der Waals surface area contributed by atoms with Gasteiger partial charge in [-0.3, -0.25) is 4.79 Å². The summed E-state index contributed by atoms with van der Waals surface area (Å²) < 4.78 is 38.1. The Bertz CT molecular complexity index is 1240. The Kier molecular flexibility index (Phi) is 5.03. The summed E-state index contributed by atoms with van der Waals surface area (Å²) in [5.41, 5.74) is 0.153. The molecule has 0 radical (unpaired) electrons. The van der Waals surface area contributed by atoms with Gasteiger partial charge >= 0.3 is 6.16 Å². The van der Waals surface area contributed by atoms with Gasteiger partial charge in [0, 0.05) is 29.7 Å². The number of benzene rings is 1. The van der Waals surface area contributed by atoms with Crippen molar-refractivity contribution in [2.45, 2.75) is 23.8 Å². The lowest BCUT2D eigenvalue weighted by molar-refractivity contribution is 0.122. The Morgan fingerprint density at radius 1 is 1.31 bits per heavy atom. The highest BCUT2D eigenvalue weighted by Crippen LogP contribution is 2.31. The predicted molar refractivity (Wildman–Crippen MR) is 106 cm³/mol. The SMILES string of the molecule is COC(=O)Oc1c[nH]c2c(=O)[nH]c3ccc(S(=O)(=O)NC4CCCNC4)cc3c12. The van der Waals surface area contributed by atoms with Crippen molar-refractivity contribution < 1.29 is 22.7 Å². The van der Waals surface area contributed by atoms with Gasteiger partial charge in [0.1, 0.15) is 5.52 Å². The first-order valence-electron chi connectivity index (χ1n) is 9.05. The molecule has 0 bridgehead atoms. The minimum atomic E-state index is -3.78. The lowest BCUT2D eigenvalue weighted by atomic mass is 10.1. The molecule has 1 aromatic carbocycles. The van der Waals surface area contributed by atoms with Gasteiger partial charge in [-0.2, -0.15) is 0 Å². The third-order valence-electron chi connectivity index (χ3n) is 4.87. The van der Waals surface area contributed by atoms with Crippen LogP contribution in [0.25, 0.3) is 21.8 Å². The van der Waals surface area contributed by atoms with Gasteiger partial charge < -0.3 is 24.8 Å². The third-order valence-corrected chi connectivity index (χ3v) is 6.39. The number of nitrogens with one attached hydrogen (secondary N) is 4. The number of hydrogen-bond acceptors (Lipinski definition) is 7. The molecular formula is C18H20N4O6S. The molecule has 0 spiro atoms. The topological polar surface area (TPSA) is 142 Å². The van der Waals surface area contributed by atoms with E-state index in [4.69, 9.17) is 4.74 Å². The molecule has 3 aromatic rings. The van der Waals surface area contributed by atoms with Crippen molar-refractivity contribution in [1.82, 2.24) is 20.0 Å². The van der Waals surface area contributed by atoms with Crippen molar-refractivity contribution in [2.24, 2.45) is 0 Å². The van der Waals surface area contributed by atoms with Crippen LogP contribution in [0.5, 0.6) is 5.75 Å². The predicted octanol–water partition coefficient (Wildman–Crippen LogP) is 1.18. The van der Waals surface area contributed by atoms with E-state index in [1.165, 1.54) is 31.5 Å². The van der Waals surface area contributed by atoms with Crippen molar-refractivity contribution >= 4 is 38.0 Å². The molecule has 0 amide bonds. The van der Waals surface area contributed by atoms with E-state index in [0.717, 1.165) is 19.4 Å². The average molecular weight is 420 g/mol. The number of methoxy groups -OCH3 is 1. The molecular weight excluding hydrogens is 400 g/mol. The number of aromatic amines is 2. The molecule has 1 aliphatic rings. The van der Waals surface area contributed by atoms with Crippen LogP contribution in [0.3, 0.4) is 0 Å². The molecule has 3 heterocycles. The molecule has 1 atom stereocenters. The standard InChI is InChI=1S/C18H20N4O6S/c1-27-18(24)28-14-9-20-16-15(14)12-7-11(4-5-13(12)21-17(16)23)29(25,26)22-10-3-2-6-19-8-10/h4-5,7,9-10,19-20,22H,2-3,6,8H2,1H3,(H,21,23). The first-order valence-corrected chi connectivity index (χ1v) is 10.5. The van der Waals surface area contributed by atoms with Crippen LogP contribution in [-0.2, 0) is 14.8 Å². The number of carbonyl (C=O) groups is 1. The van der Waals surface area contributed by atoms with Crippen LogP contribution < -0.4 is 20.3 Å². The molecule has 1 saturated heterocycles. The van der Waals surface area contributed by atoms with E-state index in [2.05, 4.69) is 24.7 Å². The van der Waals surface area contributed by atoms with E-state index in [0.29, 0.717) is 22.8 Å². The van der Waals surface area contributed by atoms with Crippen LogP contribution in [0, 0.1) is 0 Å². The molecule has 0 aliphatic carbocycles. The van der Waals surface area contributed by atoms with Crippen LogP contribution in [0.2, 0.25) is 0 Å². The Morgan fingerprint density at radius 2 is 2.14 bits per heavy atom. The minimum Gasteiger partial charge on any atom is -0.437 e. The largest absolute Gasteiger partial charge is 0.513 e. The van der Waals surface area contributed by atoms with E-state index in [1.807, 2.05) is 0 Å². The van der Waals surface area contributed by atoms with Crippen molar-refractivity contribution in [3.05, 3.63) is 34.7 Å². The number of pyridine rings is 1. The maximum Gasteiger partial charge on any atom is 0.513 e. The number of piperidine rings is 1. The number of aromatic nitrogens is 2. The second-order valence-corrected chi connectivity index (χ2v) is 8.50. The number of hydrogen-bond donors (Lipinski definition) is 4. The highest BCUT2D eigenvalue weighted by atomic mass is 32.2. The maximum atomic E-state index is 12.9. The average Bonchev–Trinajstić information content (AvgIpc) is 3.12. The molecule has 154 valence electrons. The maximum absolute atomic E-state index is 12.9. The lowest BCUT2D eigenvalue weighted by Crippen LogP contribution is -2.45. The summed E-state index contributed by atoms with van der Waals surface area (Å²) in [6.07, 6.45) is 2.05. The summed E-state index contributed by atoms with van der Waals surface area (Å²) >= 11 is 0. The van der Waals surface area contributed by atoms with Gasteiger partial charge in [0.2, 0.25) is 10.0 Å². The minimum absolute atomic E-state index is 0.0501. The monoisotopic (exact) mass is 420 g/mol. The van der Waals surface area contributed by atoms with Gasteiger partial charge in [0.05, 0.1) is 17.4 Å². The molecule has 11 heteroatoms. The van der Waals surface area contributed by atoms with E-state index >= 15 is 0 Å². The highest BCUT2D eigenvalue weighted by Gasteiger charge is 2.23. The Hall–Kier alpha value is -2.89. The van der Waals surface area contributed by atoms with Crippen LogP contribution in [0.4, 0.5) is 4.79 Å². The zero-order valence-corrected chi connectivity index (χ0v) is 16.4. The van der Waals surface area contributed by atoms with Crippen LogP contribution in [0.1, 0.15) is 12.8 Å². The van der Waals surface area contributed by atoms with E-state index in [-0.39, 0.29) is 22.2 Å². The fraction of sp³-hybridized carbons (Fsp3) is 0.333. The van der Waals surface area contributed by atoms with Crippen molar-refractivity contribution in [1.29, 1.82) is 0 Å².